The van der Waals surface area contributed by atoms with E-state index < -0.39 is 17.7 Å². The third-order valence-electron chi connectivity index (χ3n) is 4.88. The van der Waals surface area contributed by atoms with E-state index in [9.17, 15) is 13.9 Å². The molecule has 2 rings (SSSR count). The minimum Gasteiger partial charge on any atom is -0.392 e. The molecule has 1 aromatic carbocycles. The van der Waals surface area contributed by atoms with Crippen molar-refractivity contribution in [2.75, 3.05) is 0 Å². The molecule has 1 aromatic rings. The van der Waals surface area contributed by atoms with Crippen molar-refractivity contribution in [3.63, 3.8) is 0 Å². The van der Waals surface area contributed by atoms with Gasteiger partial charge in [-0.05, 0) is 36.8 Å². The van der Waals surface area contributed by atoms with Crippen molar-refractivity contribution in [2.24, 2.45) is 11.8 Å². The van der Waals surface area contributed by atoms with Crippen LogP contribution in [0.3, 0.4) is 0 Å². The summed E-state index contributed by atoms with van der Waals surface area (Å²) in [4.78, 5) is 0. The maximum Gasteiger partial charge on any atom is 0.129 e. The zero-order valence-corrected chi connectivity index (χ0v) is 12.8. The monoisotopic (exact) mass is 296 g/mol. The first-order chi connectivity index (χ1) is 10.1. The molecule has 0 spiro atoms. The molecule has 1 aliphatic carbocycles. The zero-order valence-electron chi connectivity index (χ0n) is 12.8. The van der Waals surface area contributed by atoms with E-state index in [1.54, 1.807) is 0 Å². The number of hydrogen-bond donors (Lipinski definition) is 1. The Bertz CT molecular complexity index is 419. The fourth-order valence-electron chi connectivity index (χ4n) is 3.46. The number of unbranched alkanes of at least 4 members (excludes halogenated alkanes) is 1. The van der Waals surface area contributed by atoms with Gasteiger partial charge in [0.25, 0.3) is 0 Å². The summed E-state index contributed by atoms with van der Waals surface area (Å²) in [5, 5.41) is 10.3. The van der Waals surface area contributed by atoms with Crippen LogP contribution in [0.2, 0.25) is 0 Å². The molecule has 118 valence electrons. The normalized spacial score (nSPS) is 24.0. The summed E-state index contributed by atoms with van der Waals surface area (Å²) in [5.41, 5.74) is 0.0260. The van der Waals surface area contributed by atoms with E-state index in [0.717, 1.165) is 31.6 Å². The highest BCUT2D eigenvalue weighted by atomic mass is 19.1. The smallest absolute Gasteiger partial charge is 0.129 e. The van der Waals surface area contributed by atoms with E-state index in [1.165, 1.54) is 37.5 Å². The second-order valence-electron chi connectivity index (χ2n) is 6.39. The Morgan fingerprint density at radius 2 is 1.76 bits per heavy atom. The molecule has 0 aromatic heterocycles. The van der Waals surface area contributed by atoms with E-state index in [4.69, 9.17) is 0 Å². The quantitative estimate of drug-likeness (QED) is 0.794. The van der Waals surface area contributed by atoms with Gasteiger partial charge in [0.1, 0.15) is 11.6 Å². The number of rotatable bonds is 6. The number of aliphatic hydroxyl groups is 1. The summed E-state index contributed by atoms with van der Waals surface area (Å²) in [6.07, 6.45) is 7.47. The molecule has 1 fully saturated rings. The lowest BCUT2D eigenvalue weighted by Crippen LogP contribution is -2.28. The van der Waals surface area contributed by atoms with Gasteiger partial charge >= 0.3 is 0 Å². The fraction of sp³-hybridized carbons (Fsp3) is 0.667. The van der Waals surface area contributed by atoms with Gasteiger partial charge in [-0.1, -0.05) is 45.1 Å². The summed E-state index contributed by atoms with van der Waals surface area (Å²) in [6, 6.07) is 3.87. The number of hydrogen-bond acceptors (Lipinski definition) is 1. The second-order valence-corrected chi connectivity index (χ2v) is 6.39. The first kappa shape index (κ1) is 16.4. The highest BCUT2D eigenvalue weighted by Gasteiger charge is 2.27. The predicted octanol–water partition coefficient (Wildman–Crippen LogP) is 4.86. The molecule has 3 heteroatoms. The molecule has 1 nitrogen and oxygen atoms in total. The number of benzene rings is 1. The summed E-state index contributed by atoms with van der Waals surface area (Å²) < 4.78 is 27.3. The van der Waals surface area contributed by atoms with Crippen LogP contribution in [0.15, 0.2) is 18.2 Å². The largest absolute Gasteiger partial charge is 0.392 e. The van der Waals surface area contributed by atoms with Crippen LogP contribution in [0.5, 0.6) is 0 Å². The van der Waals surface area contributed by atoms with E-state index in [1.807, 2.05) is 0 Å². The maximum atomic E-state index is 13.6. The van der Waals surface area contributed by atoms with Gasteiger partial charge in [0.05, 0.1) is 6.10 Å². The molecule has 0 bridgehead atoms. The van der Waals surface area contributed by atoms with Crippen LogP contribution in [0.25, 0.3) is 0 Å². The first-order valence-corrected chi connectivity index (χ1v) is 8.22. The Morgan fingerprint density at radius 1 is 1.14 bits per heavy atom. The van der Waals surface area contributed by atoms with Gasteiger partial charge in [0.15, 0.2) is 0 Å². The topological polar surface area (TPSA) is 20.2 Å². The fourth-order valence-corrected chi connectivity index (χ4v) is 3.46. The third-order valence-corrected chi connectivity index (χ3v) is 4.88. The van der Waals surface area contributed by atoms with E-state index in [-0.39, 0.29) is 17.9 Å². The van der Waals surface area contributed by atoms with Crippen LogP contribution in [0.1, 0.15) is 57.4 Å². The van der Waals surface area contributed by atoms with Crippen LogP contribution < -0.4 is 0 Å². The number of halogens is 2. The van der Waals surface area contributed by atoms with Crippen LogP contribution in [-0.2, 0) is 6.42 Å². The molecule has 0 saturated heterocycles. The van der Waals surface area contributed by atoms with Crippen LogP contribution >= 0.6 is 0 Å². The lowest BCUT2D eigenvalue weighted by atomic mass is 9.76. The summed E-state index contributed by atoms with van der Waals surface area (Å²) in [5.74, 6) is -0.142. The van der Waals surface area contributed by atoms with Crippen molar-refractivity contribution in [3.05, 3.63) is 35.4 Å². The van der Waals surface area contributed by atoms with Crippen LogP contribution in [0, 0.1) is 23.5 Å². The number of aliphatic hydroxyl groups excluding tert-OH is 1. The highest BCUT2D eigenvalue weighted by Crippen LogP contribution is 2.34. The molecular formula is C18H26F2O. The van der Waals surface area contributed by atoms with Gasteiger partial charge in [-0.15, -0.1) is 0 Å². The lowest BCUT2D eigenvalue weighted by Gasteiger charge is -2.31. The average Bonchev–Trinajstić information content (AvgIpc) is 2.49. The molecule has 1 unspecified atom stereocenters. The van der Waals surface area contributed by atoms with E-state index in [2.05, 4.69) is 6.92 Å². The lowest BCUT2D eigenvalue weighted by molar-refractivity contribution is 0.0712. The predicted molar refractivity (Wildman–Crippen MR) is 81.0 cm³/mol. The Labute approximate surface area is 126 Å². The minimum absolute atomic E-state index is 0.0260. The molecular weight excluding hydrogens is 270 g/mol. The Kier molecular flexibility index (Phi) is 6.16. The maximum absolute atomic E-state index is 13.6. The Morgan fingerprint density at radius 3 is 2.33 bits per heavy atom. The van der Waals surface area contributed by atoms with Gasteiger partial charge in [0.2, 0.25) is 0 Å². The van der Waals surface area contributed by atoms with Crippen molar-refractivity contribution in [3.8, 4) is 0 Å². The van der Waals surface area contributed by atoms with E-state index in [0.29, 0.717) is 0 Å². The van der Waals surface area contributed by atoms with Crippen LogP contribution in [0.4, 0.5) is 8.78 Å². The summed E-state index contributed by atoms with van der Waals surface area (Å²) >= 11 is 0. The van der Waals surface area contributed by atoms with E-state index >= 15 is 0 Å². The van der Waals surface area contributed by atoms with Crippen LogP contribution in [-0.4, -0.2) is 11.2 Å². The summed E-state index contributed by atoms with van der Waals surface area (Å²) in [6.45, 7) is 2.21. The molecule has 0 heterocycles. The summed E-state index contributed by atoms with van der Waals surface area (Å²) in [7, 11) is 0. The van der Waals surface area contributed by atoms with Gasteiger partial charge in [0, 0.05) is 12.0 Å². The minimum atomic E-state index is -0.636. The molecule has 1 N–H and O–H groups in total. The molecule has 21 heavy (non-hydrogen) atoms. The molecule has 1 atom stereocenters. The average molecular weight is 296 g/mol. The molecule has 0 radical (unpaired) electrons. The van der Waals surface area contributed by atoms with Gasteiger partial charge in [-0.25, -0.2) is 8.78 Å². The molecule has 0 aliphatic heterocycles. The standard InChI is InChI=1S/C18H26F2O/c1-2-3-5-13-8-10-14(11-9-13)18(21)12-15-16(19)6-4-7-17(15)20/h4,6-7,13-14,18,21H,2-3,5,8-12H2,1H3. The van der Waals surface area contributed by atoms with Crippen molar-refractivity contribution in [1.29, 1.82) is 0 Å². The second kappa shape index (κ2) is 7.88. The molecule has 1 saturated carbocycles. The first-order valence-electron chi connectivity index (χ1n) is 8.22. The van der Waals surface area contributed by atoms with Gasteiger partial charge in [-0.2, -0.15) is 0 Å². The van der Waals surface area contributed by atoms with Crippen molar-refractivity contribution < 1.29 is 13.9 Å². The zero-order chi connectivity index (χ0) is 15.2. The van der Waals surface area contributed by atoms with Gasteiger partial charge in [-0.3, -0.25) is 0 Å². The Hall–Kier alpha value is -0.960. The van der Waals surface area contributed by atoms with Crippen molar-refractivity contribution >= 4 is 0 Å². The molecule has 0 amide bonds. The Balaban J connectivity index is 1.86. The van der Waals surface area contributed by atoms with Gasteiger partial charge < -0.3 is 5.11 Å². The van der Waals surface area contributed by atoms with Crippen molar-refractivity contribution in [1.82, 2.24) is 0 Å². The molecule has 1 aliphatic rings. The van der Waals surface area contributed by atoms with Crippen molar-refractivity contribution in [2.45, 2.75) is 64.4 Å². The highest BCUT2D eigenvalue weighted by molar-refractivity contribution is 5.20. The SMILES string of the molecule is CCCCC1CCC(C(O)Cc2c(F)cccc2F)CC1. The third kappa shape index (κ3) is 4.50.